The molecule has 0 aliphatic carbocycles. The highest BCUT2D eigenvalue weighted by atomic mass is 32.1. The Bertz CT molecular complexity index is 829. The number of nitrogens with zero attached hydrogens (tertiary/aromatic N) is 2. The first kappa shape index (κ1) is 19.8. The average molecular weight is 376 g/mol. The van der Waals surface area contributed by atoms with E-state index in [1.165, 1.54) is 18.2 Å². The minimum absolute atomic E-state index is 0.123. The van der Waals surface area contributed by atoms with Gasteiger partial charge in [-0.05, 0) is 33.3 Å². The summed E-state index contributed by atoms with van der Waals surface area (Å²) >= 11 is 3.96. The van der Waals surface area contributed by atoms with Gasteiger partial charge < -0.3 is 4.74 Å². The van der Waals surface area contributed by atoms with E-state index in [-0.39, 0.29) is 17.4 Å². The molecule has 1 aliphatic rings. The number of benzene rings is 1. The smallest absolute Gasteiger partial charge is 0.336 e. The molecule has 2 rings (SSSR count). The third-order valence-corrected chi connectivity index (χ3v) is 4.38. The van der Waals surface area contributed by atoms with Crippen LogP contribution in [0, 0.1) is 16.0 Å². The number of ether oxygens (including phenoxy) is 1. The van der Waals surface area contributed by atoms with Gasteiger partial charge in [-0.25, -0.2) is 4.79 Å². The van der Waals surface area contributed by atoms with E-state index in [9.17, 15) is 19.7 Å². The summed E-state index contributed by atoms with van der Waals surface area (Å²) in [5.41, 5.74) is 1.49. The van der Waals surface area contributed by atoms with E-state index < -0.39 is 27.8 Å². The number of aliphatic imine (C=N–C) groups is 1. The Morgan fingerprint density at radius 3 is 2.50 bits per heavy atom. The second-order valence-corrected chi connectivity index (χ2v) is 6.79. The molecule has 0 saturated heterocycles. The normalized spacial score (nSPS) is 20.0. The Hall–Kier alpha value is -2.48. The van der Waals surface area contributed by atoms with Crippen LogP contribution < -0.4 is 0 Å². The minimum atomic E-state index is -0.807. The Labute approximate surface area is 156 Å². The molecular formula is C18H20N2O5S. The molecule has 0 fully saturated rings. The first-order valence-electron chi connectivity index (χ1n) is 8.07. The van der Waals surface area contributed by atoms with Crippen LogP contribution in [0.3, 0.4) is 0 Å². The van der Waals surface area contributed by atoms with E-state index in [0.717, 1.165) is 0 Å². The Kier molecular flexibility index (Phi) is 5.97. The van der Waals surface area contributed by atoms with Crippen molar-refractivity contribution in [1.29, 1.82) is 0 Å². The van der Waals surface area contributed by atoms with Gasteiger partial charge in [0.2, 0.25) is 0 Å². The van der Waals surface area contributed by atoms with Crippen molar-refractivity contribution in [1.82, 2.24) is 0 Å². The van der Waals surface area contributed by atoms with Gasteiger partial charge in [-0.3, -0.25) is 19.9 Å². The highest BCUT2D eigenvalue weighted by Gasteiger charge is 2.41. The van der Waals surface area contributed by atoms with Crippen molar-refractivity contribution in [2.45, 2.75) is 39.7 Å². The molecular weight excluding hydrogens is 356 g/mol. The van der Waals surface area contributed by atoms with Gasteiger partial charge in [0.05, 0.1) is 22.5 Å². The molecule has 0 amide bonds. The van der Waals surface area contributed by atoms with Crippen LogP contribution in [0.1, 0.15) is 39.2 Å². The molecule has 138 valence electrons. The van der Waals surface area contributed by atoms with Crippen molar-refractivity contribution in [3.8, 4) is 0 Å². The zero-order valence-electron chi connectivity index (χ0n) is 14.9. The number of rotatable bonds is 5. The molecule has 8 heteroatoms. The molecule has 0 aromatic heterocycles. The van der Waals surface area contributed by atoms with Gasteiger partial charge in [0.15, 0.2) is 5.12 Å². The van der Waals surface area contributed by atoms with E-state index in [1.807, 2.05) is 0 Å². The lowest BCUT2D eigenvalue weighted by molar-refractivity contribution is -0.384. The predicted molar refractivity (Wildman–Crippen MR) is 100 cm³/mol. The molecule has 1 heterocycles. The Balaban J connectivity index is 2.66. The lowest BCUT2D eigenvalue weighted by Crippen LogP contribution is -2.34. The third kappa shape index (κ3) is 4.01. The van der Waals surface area contributed by atoms with Crippen molar-refractivity contribution in [2.24, 2.45) is 10.9 Å². The number of carbonyl (C=O) groups excluding carboxylic acids is 2. The SMILES string of the molecule is CC1=NC(C)=C(C(=O)OC(C)C)C(c2cccc([N+](=O)[O-])c2)C1C(=O)S. The number of non-ortho nitro benzene ring substituents is 1. The van der Waals surface area contributed by atoms with Crippen molar-refractivity contribution >= 4 is 35.1 Å². The Morgan fingerprint density at radius 1 is 1.31 bits per heavy atom. The number of allylic oxidation sites excluding steroid dienone is 1. The van der Waals surface area contributed by atoms with Gasteiger partial charge in [-0.15, -0.1) is 12.6 Å². The number of hydrogen-bond acceptors (Lipinski definition) is 6. The monoisotopic (exact) mass is 376 g/mol. The summed E-state index contributed by atoms with van der Waals surface area (Å²) in [4.78, 5) is 39.8. The molecule has 2 unspecified atom stereocenters. The largest absolute Gasteiger partial charge is 0.460 e. The molecule has 1 aliphatic heterocycles. The summed E-state index contributed by atoms with van der Waals surface area (Å²) in [6.07, 6.45) is -0.356. The number of nitro groups is 1. The van der Waals surface area contributed by atoms with Crippen LogP contribution in [0.25, 0.3) is 0 Å². The standard InChI is InChI=1S/C18H20N2O5S/c1-9(2)25-17(21)14-10(3)19-11(4)15(18(22)26)16(14)12-6-5-7-13(8-12)20(23)24/h5-9,15-16H,1-4H3,(H,22,26). The molecule has 26 heavy (non-hydrogen) atoms. The number of thiol groups is 1. The maximum absolute atomic E-state index is 12.7. The minimum Gasteiger partial charge on any atom is -0.460 e. The molecule has 0 bridgehead atoms. The third-order valence-electron chi connectivity index (χ3n) is 4.10. The fraction of sp³-hybridized carbons (Fsp3) is 0.389. The van der Waals surface area contributed by atoms with Gasteiger partial charge >= 0.3 is 5.97 Å². The van der Waals surface area contributed by atoms with Gasteiger partial charge in [-0.2, -0.15) is 0 Å². The molecule has 7 nitrogen and oxygen atoms in total. The van der Waals surface area contributed by atoms with Crippen molar-refractivity contribution < 1.29 is 19.2 Å². The van der Waals surface area contributed by atoms with Gasteiger partial charge in [0, 0.05) is 29.5 Å². The van der Waals surface area contributed by atoms with Crippen molar-refractivity contribution in [3.63, 3.8) is 0 Å². The zero-order chi connectivity index (χ0) is 19.6. The molecule has 1 aromatic carbocycles. The van der Waals surface area contributed by atoms with Gasteiger partial charge in [-0.1, -0.05) is 12.1 Å². The summed E-state index contributed by atoms with van der Waals surface area (Å²) in [6.45, 7) is 6.77. The van der Waals surface area contributed by atoms with E-state index in [1.54, 1.807) is 33.8 Å². The fourth-order valence-corrected chi connectivity index (χ4v) is 3.43. The molecule has 0 spiro atoms. The summed E-state index contributed by atoms with van der Waals surface area (Å²) in [5.74, 6) is -2.15. The Morgan fingerprint density at radius 2 is 1.96 bits per heavy atom. The number of hydrogen-bond donors (Lipinski definition) is 1. The van der Waals surface area contributed by atoms with Crippen LogP contribution in [-0.2, 0) is 14.3 Å². The molecule has 0 radical (unpaired) electrons. The zero-order valence-corrected chi connectivity index (χ0v) is 15.8. The van der Waals surface area contributed by atoms with E-state index >= 15 is 0 Å². The number of carbonyl (C=O) groups is 2. The average Bonchev–Trinajstić information content (AvgIpc) is 2.52. The van der Waals surface area contributed by atoms with Gasteiger partial charge in [0.1, 0.15) is 0 Å². The summed E-state index contributed by atoms with van der Waals surface area (Å²) in [7, 11) is 0. The van der Waals surface area contributed by atoms with Gasteiger partial charge in [0.25, 0.3) is 5.69 Å². The number of esters is 1. The summed E-state index contributed by atoms with van der Waals surface area (Å²) in [6, 6.07) is 5.89. The van der Waals surface area contributed by atoms with Crippen LogP contribution >= 0.6 is 12.6 Å². The second kappa shape index (κ2) is 7.82. The highest BCUT2D eigenvalue weighted by Crippen LogP contribution is 2.41. The predicted octanol–water partition coefficient (Wildman–Crippen LogP) is 3.45. The van der Waals surface area contributed by atoms with Crippen LogP contribution in [-0.4, -0.2) is 27.8 Å². The molecule has 0 saturated carbocycles. The van der Waals surface area contributed by atoms with E-state index in [0.29, 0.717) is 17.0 Å². The molecule has 0 N–H and O–H groups in total. The van der Waals surface area contributed by atoms with Crippen LogP contribution in [0.5, 0.6) is 0 Å². The van der Waals surface area contributed by atoms with E-state index in [4.69, 9.17) is 4.74 Å². The summed E-state index contributed by atoms with van der Waals surface area (Å²) < 4.78 is 5.32. The maximum Gasteiger partial charge on any atom is 0.336 e. The quantitative estimate of drug-likeness (QED) is 0.367. The first-order chi connectivity index (χ1) is 12.1. The number of nitro benzene ring substituents is 1. The fourth-order valence-electron chi connectivity index (χ4n) is 3.09. The molecule has 1 aromatic rings. The van der Waals surface area contributed by atoms with E-state index in [2.05, 4.69) is 17.6 Å². The lowest BCUT2D eigenvalue weighted by atomic mass is 9.76. The van der Waals surface area contributed by atoms with Crippen LogP contribution in [0.15, 0.2) is 40.5 Å². The maximum atomic E-state index is 12.7. The first-order valence-corrected chi connectivity index (χ1v) is 8.52. The highest BCUT2D eigenvalue weighted by molar-refractivity contribution is 7.96. The summed E-state index contributed by atoms with van der Waals surface area (Å²) in [5, 5.41) is 10.7. The topological polar surface area (TPSA) is 98.9 Å². The van der Waals surface area contributed by atoms with Crippen molar-refractivity contribution in [3.05, 3.63) is 51.2 Å². The molecule has 2 atom stereocenters. The van der Waals surface area contributed by atoms with Crippen LogP contribution in [0.4, 0.5) is 5.69 Å². The lowest BCUT2D eigenvalue weighted by Gasteiger charge is -2.31. The second-order valence-electron chi connectivity index (χ2n) is 6.35. The van der Waals surface area contributed by atoms with Crippen LogP contribution in [0.2, 0.25) is 0 Å². The van der Waals surface area contributed by atoms with Crippen molar-refractivity contribution in [2.75, 3.05) is 0 Å².